The number of hydrogen-bond donors (Lipinski definition) is 1. The molecule has 0 fully saturated rings. The number of carbonyl (C=O) groups is 1. The maximum atomic E-state index is 10.2. The van der Waals surface area contributed by atoms with Gasteiger partial charge in [0.05, 0.1) is 0 Å². The Kier molecular flexibility index (Phi) is 7.41. The minimum Gasteiger partial charge on any atom is -0.481 e. The van der Waals surface area contributed by atoms with Gasteiger partial charge < -0.3 is 5.11 Å². The van der Waals surface area contributed by atoms with Crippen LogP contribution in [0.2, 0.25) is 0 Å². The van der Waals surface area contributed by atoms with Crippen LogP contribution in [0.15, 0.2) is 30.3 Å². The van der Waals surface area contributed by atoms with Crippen LogP contribution in [0.25, 0.3) is 0 Å². The molecule has 0 saturated carbocycles. The summed E-state index contributed by atoms with van der Waals surface area (Å²) in [7, 11) is 0. The second-order valence-electron chi connectivity index (χ2n) is 3.09. The number of aliphatic carboxylic acids is 1. The van der Waals surface area contributed by atoms with Crippen LogP contribution in [0.4, 0.5) is 0 Å². The average Bonchev–Trinajstić information content (AvgIpc) is 2.14. The predicted octanol–water partition coefficient (Wildman–Crippen LogP) is 2.48. The molecule has 3 heteroatoms. The van der Waals surface area contributed by atoms with Crippen molar-refractivity contribution in [2.24, 2.45) is 0 Å². The zero-order valence-corrected chi connectivity index (χ0v) is 9.99. The van der Waals surface area contributed by atoms with Crippen molar-refractivity contribution in [1.82, 2.24) is 0 Å². The van der Waals surface area contributed by atoms with Crippen molar-refractivity contribution in [3.05, 3.63) is 35.9 Å². The molecule has 0 atom stereocenters. The van der Waals surface area contributed by atoms with E-state index in [4.69, 9.17) is 5.11 Å². The van der Waals surface area contributed by atoms with Gasteiger partial charge in [-0.25, -0.2) is 0 Å². The van der Waals surface area contributed by atoms with E-state index in [0.29, 0.717) is 0 Å². The smallest absolute Gasteiger partial charge is 0.303 e. The van der Waals surface area contributed by atoms with Crippen molar-refractivity contribution in [2.75, 3.05) is 0 Å². The Morgan fingerprint density at radius 3 is 2.36 bits per heavy atom. The Labute approximate surface area is 98.6 Å². The van der Waals surface area contributed by atoms with E-state index in [1.807, 2.05) is 18.2 Å². The molecule has 1 aromatic rings. The average molecular weight is 274 g/mol. The first kappa shape index (κ1) is 13.4. The normalized spacial score (nSPS) is 9.14. The molecule has 76 valence electrons. The van der Waals surface area contributed by atoms with E-state index in [-0.39, 0.29) is 27.5 Å². The van der Waals surface area contributed by atoms with Crippen molar-refractivity contribution in [3.8, 4) is 0 Å². The monoisotopic (exact) mass is 276 g/mol. The summed E-state index contributed by atoms with van der Waals surface area (Å²) >= 11 is 0. The van der Waals surface area contributed by atoms with Crippen molar-refractivity contribution < 1.29 is 31.0 Å². The van der Waals surface area contributed by atoms with Crippen molar-refractivity contribution >= 4 is 5.97 Å². The van der Waals surface area contributed by atoms with E-state index in [9.17, 15) is 4.79 Å². The van der Waals surface area contributed by atoms with Gasteiger partial charge in [0.15, 0.2) is 0 Å². The molecule has 1 rings (SSSR count). The largest absolute Gasteiger partial charge is 0.481 e. The van der Waals surface area contributed by atoms with Crippen LogP contribution in [0.1, 0.15) is 24.8 Å². The Bertz CT molecular complexity index is 259. The second kappa shape index (κ2) is 7.75. The van der Waals surface area contributed by atoms with Gasteiger partial charge in [-0.05, 0) is 24.8 Å². The van der Waals surface area contributed by atoms with Gasteiger partial charge >= 0.3 is 5.97 Å². The fourth-order valence-electron chi connectivity index (χ4n) is 1.25. The van der Waals surface area contributed by atoms with Gasteiger partial charge in [-0.15, -0.1) is 0 Å². The third-order valence-electron chi connectivity index (χ3n) is 1.95. The number of rotatable bonds is 5. The molecule has 0 aromatic heterocycles. The SMILES string of the molecule is O=C(O)CCCCc1ccccc1.[Mo]. The van der Waals surface area contributed by atoms with E-state index in [0.717, 1.165) is 19.3 Å². The minimum atomic E-state index is -0.701. The minimum absolute atomic E-state index is 0. The van der Waals surface area contributed by atoms with Gasteiger partial charge in [-0.1, -0.05) is 30.3 Å². The molecule has 1 N–H and O–H groups in total. The number of benzene rings is 1. The van der Waals surface area contributed by atoms with Gasteiger partial charge in [0.2, 0.25) is 0 Å². The summed E-state index contributed by atoms with van der Waals surface area (Å²) < 4.78 is 0. The van der Waals surface area contributed by atoms with Crippen LogP contribution in [-0.4, -0.2) is 11.1 Å². The Balaban J connectivity index is 0.00000169. The first-order valence-electron chi connectivity index (χ1n) is 4.55. The molecule has 0 amide bonds. The summed E-state index contributed by atoms with van der Waals surface area (Å²) in [6, 6.07) is 10.1. The quantitative estimate of drug-likeness (QED) is 0.661. The fourth-order valence-corrected chi connectivity index (χ4v) is 1.25. The molecular formula is C11H14MoO2. The topological polar surface area (TPSA) is 37.3 Å². The van der Waals surface area contributed by atoms with Crippen molar-refractivity contribution in [3.63, 3.8) is 0 Å². The molecule has 0 aliphatic heterocycles. The third kappa shape index (κ3) is 5.93. The van der Waals surface area contributed by atoms with Crippen LogP contribution in [0.5, 0.6) is 0 Å². The van der Waals surface area contributed by atoms with E-state index < -0.39 is 5.97 Å². The van der Waals surface area contributed by atoms with Crippen LogP contribution in [-0.2, 0) is 32.3 Å². The fraction of sp³-hybridized carbons (Fsp3) is 0.364. The molecule has 0 saturated heterocycles. The van der Waals surface area contributed by atoms with Crippen LogP contribution in [0.3, 0.4) is 0 Å². The first-order chi connectivity index (χ1) is 6.29. The van der Waals surface area contributed by atoms with Gasteiger partial charge in [-0.3, -0.25) is 4.79 Å². The molecule has 0 aliphatic carbocycles. The number of unbranched alkanes of at least 4 members (excludes halogenated alkanes) is 1. The Hall–Kier alpha value is -0.622. The molecule has 0 radical (unpaired) electrons. The number of carboxylic acid groups (broad SMARTS) is 1. The van der Waals surface area contributed by atoms with E-state index in [1.165, 1.54) is 5.56 Å². The first-order valence-corrected chi connectivity index (χ1v) is 4.55. The molecule has 0 unspecified atom stereocenters. The van der Waals surface area contributed by atoms with E-state index >= 15 is 0 Å². The summed E-state index contributed by atoms with van der Waals surface area (Å²) in [5, 5.41) is 8.41. The molecule has 1 aromatic carbocycles. The molecule has 14 heavy (non-hydrogen) atoms. The molecule has 0 spiro atoms. The number of hydrogen-bond acceptors (Lipinski definition) is 1. The zero-order chi connectivity index (χ0) is 9.52. The maximum Gasteiger partial charge on any atom is 0.303 e. The summed E-state index contributed by atoms with van der Waals surface area (Å²) in [6.07, 6.45) is 2.99. The van der Waals surface area contributed by atoms with Crippen LogP contribution in [0, 0.1) is 0 Å². The van der Waals surface area contributed by atoms with Crippen molar-refractivity contribution in [1.29, 1.82) is 0 Å². The van der Waals surface area contributed by atoms with Crippen molar-refractivity contribution in [2.45, 2.75) is 25.7 Å². The standard InChI is InChI=1S/C11H14O2.Mo/c12-11(13)9-5-4-8-10-6-2-1-3-7-10;/h1-3,6-7H,4-5,8-9H2,(H,12,13);. The molecule has 0 aliphatic rings. The summed E-state index contributed by atoms with van der Waals surface area (Å²) in [4.78, 5) is 10.2. The second-order valence-corrected chi connectivity index (χ2v) is 3.09. The number of carboxylic acids is 1. The van der Waals surface area contributed by atoms with E-state index in [1.54, 1.807) is 0 Å². The van der Waals surface area contributed by atoms with Gasteiger partial charge in [0.25, 0.3) is 0 Å². The molecule has 2 nitrogen and oxygen atoms in total. The van der Waals surface area contributed by atoms with E-state index in [2.05, 4.69) is 12.1 Å². The summed E-state index contributed by atoms with van der Waals surface area (Å²) in [6.45, 7) is 0. The Morgan fingerprint density at radius 1 is 1.14 bits per heavy atom. The maximum absolute atomic E-state index is 10.2. The summed E-state index contributed by atoms with van der Waals surface area (Å²) in [5.41, 5.74) is 1.29. The zero-order valence-electron chi connectivity index (χ0n) is 7.98. The van der Waals surface area contributed by atoms with Crippen LogP contribution < -0.4 is 0 Å². The molecule has 0 bridgehead atoms. The number of aryl methyl sites for hydroxylation is 1. The molecular weight excluding hydrogens is 260 g/mol. The van der Waals surface area contributed by atoms with Crippen LogP contribution >= 0.6 is 0 Å². The predicted molar refractivity (Wildman–Crippen MR) is 51.6 cm³/mol. The van der Waals surface area contributed by atoms with Gasteiger partial charge in [-0.2, -0.15) is 0 Å². The van der Waals surface area contributed by atoms with Gasteiger partial charge in [0, 0.05) is 27.5 Å². The molecule has 0 heterocycles. The van der Waals surface area contributed by atoms with Gasteiger partial charge in [0.1, 0.15) is 0 Å². The summed E-state index contributed by atoms with van der Waals surface area (Å²) in [5.74, 6) is -0.701. The third-order valence-corrected chi connectivity index (χ3v) is 1.95. The Morgan fingerprint density at radius 2 is 1.79 bits per heavy atom.